The van der Waals surface area contributed by atoms with Crippen molar-refractivity contribution < 1.29 is 4.79 Å². The van der Waals surface area contributed by atoms with Crippen LogP contribution in [0.3, 0.4) is 0 Å². The standard InChI is InChI=1S/C29H35IN2O2/c1-5-32-27-15-12-22(29(34)31(4)24-14-10-19(2)20(3)16-24)17-26(27)25(18-28(32)33)21-8-6-7-9-23(30)13-11-21/h10,12,14-18,21,23H,5-9,11,13H2,1-4H3. The molecule has 2 unspecified atom stereocenters. The molecule has 1 aliphatic carbocycles. The monoisotopic (exact) mass is 570 g/mol. The molecule has 4 nitrogen and oxygen atoms in total. The van der Waals surface area contributed by atoms with Crippen molar-refractivity contribution in [2.24, 2.45) is 0 Å². The van der Waals surface area contributed by atoms with Crippen molar-refractivity contribution in [3.63, 3.8) is 0 Å². The molecule has 1 aliphatic rings. The Hall–Kier alpha value is -2.15. The third-order valence-corrected chi connectivity index (χ3v) is 8.72. The van der Waals surface area contributed by atoms with Gasteiger partial charge < -0.3 is 9.47 Å². The number of alkyl halides is 1. The minimum atomic E-state index is -0.0321. The zero-order valence-corrected chi connectivity index (χ0v) is 22.9. The highest BCUT2D eigenvalue weighted by Gasteiger charge is 2.22. The largest absolute Gasteiger partial charge is 0.311 e. The Labute approximate surface area is 216 Å². The van der Waals surface area contributed by atoms with E-state index in [1.54, 1.807) is 4.90 Å². The highest BCUT2D eigenvalue weighted by Crippen LogP contribution is 2.36. The number of rotatable bonds is 4. The molecule has 1 fully saturated rings. The van der Waals surface area contributed by atoms with Gasteiger partial charge in [-0.15, -0.1) is 0 Å². The molecule has 1 heterocycles. The van der Waals surface area contributed by atoms with Crippen molar-refractivity contribution >= 4 is 45.1 Å². The van der Waals surface area contributed by atoms with Crippen LogP contribution in [0.4, 0.5) is 5.69 Å². The number of halogens is 1. The minimum absolute atomic E-state index is 0.0321. The Bertz CT molecular complexity index is 1260. The second-order valence-electron chi connectivity index (χ2n) is 9.70. The number of aromatic nitrogens is 1. The number of anilines is 1. The lowest BCUT2D eigenvalue weighted by Crippen LogP contribution is -2.27. The van der Waals surface area contributed by atoms with Crippen LogP contribution in [-0.2, 0) is 6.54 Å². The van der Waals surface area contributed by atoms with Crippen LogP contribution in [-0.4, -0.2) is 21.4 Å². The topological polar surface area (TPSA) is 42.3 Å². The summed E-state index contributed by atoms with van der Waals surface area (Å²) >= 11 is 2.58. The molecule has 1 amide bonds. The molecule has 0 N–H and O–H groups in total. The predicted molar refractivity (Wildman–Crippen MR) is 151 cm³/mol. The molecule has 0 bridgehead atoms. The predicted octanol–water partition coefficient (Wildman–Crippen LogP) is 7.16. The number of hydrogen-bond donors (Lipinski definition) is 0. The molecule has 4 rings (SSSR count). The van der Waals surface area contributed by atoms with E-state index in [1.165, 1.54) is 36.8 Å². The number of nitrogens with zero attached hydrogens (tertiary/aromatic N) is 2. The molecule has 1 saturated carbocycles. The zero-order chi connectivity index (χ0) is 24.4. The van der Waals surface area contributed by atoms with Crippen LogP contribution in [0.5, 0.6) is 0 Å². The molecule has 1 aromatic heterocycles. The maximum atomic E-state index is 13.5. The van der Waals surface area contributed by atoms with Crippen LogP contribution in [0.2, 0.25) is 0 Å². The highest BCUT2D eigenvalue weighted by atomic mass is 127. The van der Waals surface area contributed by atoms with Crippen LogP contribution in [0.25, 0.3) is 10.9 Å². The second-order valence-corrected chi connectivity index (χ2v) is 11.5. The Morgan fingerprint density at radius 3 is 2.50 bits per heavy atom. The summed E-state index contributed by atoms with van der Waals surface area (Å²) in [7, 11) is 1.83. The van der Waals surface area contributed by atoms with Gasteiger partial charge in [0.1, 0.15) is 0 Å². The van der Waals surface area contributed by atoms with Crippen LogP contribution >= 0.6 is 22.6 Å². The van der Waals surface area contributed by atoms with Gasteiger partial charge in [-0.25, -0.2) is 0 Å². The fraction of sp³-hybridized carbons (Fsp3) is 0.448. The molecule has 0 spiro atoms. The maximum absolute atomic E-state index is 13.5. The Kier molecular flexibility index (Phi) is 7.80. The number of fused-ring (bicyclic) bond motifs is 1. The van der Waals surface area contributed by atoms with E-state index in [0.29, 0.717) is 22.0 Å². The first-order valence-electron chi connectivity index (χ1n) is 12.5. The first-order valence-corrected chi connectivity index (χ1v) is 13.7. The lowest BCUT2D eigenvalue weighted by molar-refractivity contribution is 0.0993. The number of carbonyl (C=O) groups is 1. The van der Waals surface area contributed by atoms with Crippen LogP contribution in [0.15, 0.2) is 47.3 Å². The molecule has 3 aromatic rings. The molecular weight excluding hydrogens is 535 g/mol. The SMILES string of the molecule is CCn1c(=O)cc(C2CCCCC(I)CC2)c2cc(C(=O)N(C)c3ccc(C)c(C)c3)ccc21. The van der Waals surface area contributed by atoms with Gasteiger partial charge in [0, 0.05) is 40.2 Å². The number of aryl methyl sites for hydroxylation is 3. The highest BCUT2D eigenvalue weighted by molar-refractivity contribution is 14.1. The van der Waals surface area contributed by atoms with Gasteiger partial charge in [-0.05, 0) is 99.4 Å². The van der Waals surface area contributed by atoms with Gasteiger partial charge in [-0.2, -0.15) is 0 Å². The summed E-state index contributed by atoms with van der Waals surface area (Å²) in [4.78, 5) is 28.2. The average molecular weight is 571 g/mol. The van der Waals surface area contributed by atoms with Gasteiger partial charge in [0.25, 0.3) is 11.5 Å². The van der Waals surface area contributed by atoms with Crippen molar-refractivity contribution in [3.8, 4) is 0 Å². The number of carbonyl (C=O) groups excluding carboxylic acids is 1. The van der Waals surface area contributed by atoms with Gasteiger partial charge in [-0.1, -0.05) is 41.5 Å². The number of hydrogen-bond acceptors (Lipinski definition) is 2. The molecule has 0 saturated heterocycles. The molecule has 2 aromatic carbocycles. The molecular formula is C29H35IN2O2. The maximum Gasteiger partial charge on any atom is 0.258 e. The van der Waals surface area contributed by atoms with E-state index in [2.05, 4.69) is 48.6 Å². The normalized spacial score (nSPS) is 19.0. The van der Waals surface area contributed by atoms with E-state index in [-0.39, 0.29) is 11.5 Å². The summed E-state index contributed by atoms with van der Waals surface area (Å²) in [6.07, 6.45) is 7.11. The molecule has 5 heteroatoms. The first-order chi connectivity index (χ1) is 16.3. The van der Waals surface area contributed by atoms with Gasteiger partial charge in [-0.3, -0.25) is 9.59 Å². The third-order valence-electron chi connectivity index (χ3n) is 7.48. The molecule has 2 atom stereocenters. The van der Waals surface area contributed by atoms with Crippen molar-refractivity contribution in [1.29, 1.82) is 0 Å². The van der Waals surface area contributed by atoms with E-state index < -0.39 is 0 Å². The van der Waals surface area contributed by atoms with Crippen LogP contribution in [0.1, 0.15) is 78.4 Å². The van der Waals surface area contributed by atoms with E-state index in [0.717, 1.165) is 35.0 Å². The first kappa shape index (κ1) is 25.0. The number of amides is 1. The lowest BCUT2D eigenvalue weighted by atomic mass is 9.84. The van der Waals surface area contributed by atoms with Crippen molar-refractivity contribution in [1.82, 2.24) is 4.57 Å². The molecule has 180 valence electrons. The average Bonchev–Trinajstić information content (AvgIpc) is 2.82. The second kappa shape index (κ2) is 10.6. The summed E-state index contributed by atoms with van der Waals surface area (Å²) in [5.41, 5.74) is 6.05. The van der Waals surface area contributed by atoms with Gasteiger partial charge >= 0.3 is 0 Å². The fourth-order valence-corrected chi connectivity index (χ4v) is 5.99. The minimum Gasteiger partial charge on any atom is -0.311 e. The summed E-state index contributed by atoms with van der Waals surface area (Å²) in [5.74, 6) is 0.331. The van der Waals surface area contributed by atoms with E-state index in [9.17, 15) is 9.59 Å². The van der Waals surface area contributed by atoms with E-state index >= 15 is 0 Å². The summed E-state index contributed by atoms with van der Waals surface area (Å²) in [6, 6.07) is 13.8. The number of pyridine rings is 1. The van der Waals surface area contributed by atoms with E-state index in [1.807, 2.05) is 48.9 Å². The van der Waals surface area contributed by atoms with Crippen LogP contribution < -0.4 is 10.5 Å². The third kappa shape index (κ3) is 5.09. The van der Waals surface area contributed by atoms with Crippen LogP contribution in [0, 0.1) is 13.8 Å². The van der Waals surface area contributed by atoms with Crippen molar-refractivity contribution in [2.75, 3.05) is 11.9 Å². The Balaban J connectivity index is 1.78. The molecule has 0 radical (unpaired) electrons. The zero-order valence-electron chi connectivity index (χ0n) is 20.7. The van der Waals surface area contributed by atoms with Crippen molar-refractivity contribution in [2.45, 2.75) is 75.7 Å². The number of benzene rings is 2. The Morgan fingerprint density at radius 2 is 1.76 bits per heavy atom. The fourth-order valence-electron chi connectivity index (χ4n) is 5.19. The smallest absolute Gasteiger partial charge is 0.258 e. The van der Waals surface area contributed by atoms with Gasteiger partial charge in [0.05, 0.1) is 5.52 Å². The van der Waals surface area contributed by atoms with Gasteiger partial charge in [0.15, 0.2) is 0 Å². The van der Waals surface area contributed by atoms with Crippen molar-refractivity contribution in [3.05, 3.63) is 75.1 Å². The summed E-state index contributed by atoms with van der Waals surface area (Å²) < 4.78 is 2.52. The van der Waals surface area contributed by atoms with E-state index in [4.69, 9.17) is 0 Å². The Morgan fingerprint density at radius 1 is 1.00 bits per heavy atom. The summed E-state index contributed by atoms with van der Waals surface area (Å²) in [5, 5.41) is 1.05. The quantitative estimate of drug-likeness (QED) is 0.247. The summed E-state index contributed by atoms with van der Waals surface area (Å²) in [6.45, 7) is 6.77. The van der Waals surface area contributed by atoms with Gasteiger partial charge in [0.2, 0.25) is 0 Å². The lowest BCUT2D eigenvalue weighted by Gasteiger charge is -2.25. The molecule has 34 heavy (non-hydrogen) atoms. The molecule has 0 aliphatic heterocycles.